The molecule has 0 amide bonds. The predicted octanol–water partition coefficient (Wildman–Crippen LogP) is 4.04. The SMILES string of the molecule is Cc1csc(SCc2cn3cc(Cl)ccc3n2)n1. The third-order valence-corrected chi connectivity index (χ3v) is 4.80. The summed E-state index contributed by atoms with van der Waals surface area (Å²) in [5.41, 5.74) is 3.03. The maximum absolute atomic E-state index is 5.94. The molecule has 0 fully saturated rings. The van der Waals surface area contributed by atoms with E-state index in [1.807, 2.05) is 35.9 Å². The fourth-order valence-corrected chi connectivity index (χ4v) is 3.52. The summed E-state index contributed by atoms with van der Waals surface area (Å²) in [6.07, 6.45) is 3.88. The van der Waals surface area contributed by atoms with Gasteiger partial charge < -0.3 is 4.40 Å². The molecule has 6 heteroatoms. The Bertz CT molecular complexity index is 690. The summed E-state index contributed by atoms with van der Waals surface area (Å²) in [7, 11) is 0. The molecule has 3 aromatic rings. The van der Waals surface area contributed by atoms with E-state index in [2.05, 4.69) is 15.3 Å². The molecule has 0 unspecified atom stereocenters. The number of aromatic nitrogens is 3. The molecule has 3 nitrogen and oxygen atoms in total. The van der Waals surface area contributed by atoms with E-state index in [-0.39, 0.29) is 0 Å². The van der Waals surface area contributed by atoms with Gasteiger partial charge in [0.2, 0.25) is 0 Å². The van der Waals surface area contributed by atoms with Crippen LogP contribution in [0.4, 0.5) is 0 Å². The van der Waals surface area contributed by atoms with Crippen molar-refractivity contribution in [1.29, 1.82) is 0 Å². The zero-order chi connectivity index (χ0) is 12.5. The minimum Gasteiger partial charge on any atom is -0.305 e. The molecule has 0 aromatic carbocycles. The predicted molar refractivity (Wildman–Crippen MR) is 76.6 cm³/mol. The molecule has 0 aliphatic carbocycles. The maximum Gasteiger partial charge on any atom is 0.150 e. The summed E-state index contributed by atoms with van der Waals surface area (Å²) in [5.74, 6) is 0.826. The highest BCUT2D eigenvalue weighted by Crippen LogP contribution is 2.26. The highest BCUT2D eigenvalue weighted by atomic mass is 35.5. The Morgan fingerprint density at radius 2 is 2.22 bits per heavy atom. The minimum absolute atomic E-state index is 0.717. The quantitative estimate of drug-likeness (QED) is 0.683. The molecule has 0 N–H and O–H groups in total. The van der Waals surface area contributed by atoms with Gasteiger partial charge in [-0.05, 0) is 19.1 Å². The fraction of sp³-hybridized carbons (Fsp3) is 0.167. The van der Waals surface area contributed by atoms with Gasteiger partial charge in [0, 0.05) is 29.2 Å². The summed E-state index contributed by atoms with van der Waals surface area (Å²) >= 11 is 9.33. The summed E-state index contributed by atoms with van der Waals surface area (Å²) in [6, 6.07) is 3.77. The highest BCUT2D eigenvalue weighted by Gasteiger charge is 2.05. The maximum atomic E-state index is 5.94. The molecule has 3 rings (SSSR count). The molecule has 0 saturated heterocycles. The van der Waals surface area contributed by atoms with E-state index in [0.29, 0.717) is 0 Å². The first kappa shape index (κ1) is 12.0. The van der Waals surface area contributed by atoms with Crippen LogP contribution < -0.4 is 0 Å². The van der Waals surface area contributed by atoms with Crippen molar-refractivity contribution >= 4 is 40.3 Å². The Kier molecular flexibility index (Phi) is 3.28. The van der Waals surface area contributed by atoms with Crippen molar-refractivity contribution < 1.29 is 0 Å². The number of hydrogen-bond acceptors (Lipinski definition) is 4. The normalized spacial score (nSPS) is 11.2. The Morgan fingerprint density at radius 3 is 3.00 bits per heavy atom. The number of pyridine rings is 1. The molecule has 0 saturated carbocycles. The number of nitrogens with zero attached hydrogens (tertiary/aromatic N) is 3. The number of halogens is 1. The fourth-order valence-electron chi connectivity index (χ4n) is 1.62. The first-order valence-electron chi connectivity index (χ1n) is 5.39. The van der Waals surface area contributed by atoms with Crippen molar-refractivity contribution in [2.75, 3.05) is 0 Å². The lowest BCUT2D eigenvalue weighted by Crippen LogP contribution is -1.79. The Hall–Kier alpha value is -1.04. The van der Waals surface area contributed by atoms with Gasteiger partial charge in [-0.25, -0.2) is 9.97 Å². The lowest BCUT2D eigenvalue weighted by Gasteiger charge is -1.92. The van der Waals surface area contributed by atoms with Crippen molar-refractivity contribution in [2.24, 2.45) is 0 Å². The summed E-state index contributed by atoms with van der Waals surface area (Å²) < 4.78 is 3.04. The molecule has 0 bridgehead atoms. The standard InChI is InChI=1S/C12H10ClN3S2/c1-8-6-17-12(14-8)18-7-10-5-16-4-9(13)2-3-11(16)15-10/h2-6H,7H2,1H3. The summed E-state index contributed by atoms with van der Waals surface area (Å²) in [6.45, 7) is 2.01. The number of hydrogen-bond donors (Lipinski definition) is 0. The molecule has 0 radical (unpaired) electrons. The number of imidazole rings is 1. The van der Waals surface area contributed by atoms with Crippen LogP contribution in [-0.2, 0) is 5.75 Å². The highest BCUT2D eigenvalue weighted by molar-refractivity contribution is 8.00. The van der Waals surface area contributed by atoms with E-state index in [4.69, 9.17) is 11.6 Å². The van der Waals surface area contributed by atoms with Crippen LogP contribution in [0.1, 0.15) is 11.4 Å². The van der Waals surface area contributed by atoms with Crippen LogP contribution in [0.3, 0.4) is 0 Å². The second kappa shape index (κ2) is 4.91. The van der Waals surface area contributed by atoms with Crippen LogP contribution in [0.2, 0.25) is 5.02 Å². The van der Waals surface area contributed by atoms with E-state index in [0.717, 1.165) is 32.2 Å². The van der Waals surface area contributed by atoms with E-state index >= 15 is 0 Å². The van der Waals surface area contributed by atoms with Gasteiger partial charge in [-0.3, -0.25) is 0 Å². The third-order valence-electron chi connectivity index (χ3n) is 2.41. The molecule has 0 aliphatic heterocycles. The largest absolute Gasteiger partial charge is 0.305 e. The first-order valence-corrected chi connectivity index (χ1v) is 7.63. The van der Waals surface area contributed by atoms with Gasteiger partial charge >= 0.3 is 0 Å². The number of fused-ring (bicyclic) bond motifs is 1. The van der Waals surface area contributed by atoms with Gasteiger partial charge in [0.05, 0.1) is 10.7 Å². The van der Waals surface area contributed by atoms with Crippen molar-refractivity contribution in [3.8, 4) is 0 Å². The van der Waals surface area contributed by atoms with Crippen molar-refractivity contribution in [3.05, 3.63) is 46.3 Å². The number of aryl methyl sites for hydroxylation is 1. The van der Waals surface area contributed by atoms with Gasteiger partial charge in [-0.1, -0.05) is 23.4 Å². The molecule has 0 spiro atoms. The van der Waals surface area contributed by atoms with Crippen LogP contribution in [0.15, 0.2) is 34.2 Å². The van der Waals surface area contributed by atoms with Gasteiger partial charge in [-0.15, -0.1) is 11.3 Å². The zero-order valence-corrected chi connectivity index (χ0v) is 12.0. The van der Waals surface area contributed by atoms with Crippen LogP contribution in [0.5, 0.6) is 0 Å². The molecule has 3 aromatic heterocycles. The van der Waals surface area contributed by atoms with E-state index in [9.17, 15) is 0 Å². The van der Waals surface area contributed by atoms with Crippen LogP contribution in [0, 0.1) is 6.92 Å². The van der Waals surface area contributed by atoms with Gasteiger partial charge in [0.1, 0.15) is 9.99 Å². The molecular formula is C12H10ClN3S2. The van der Waals surface area contributed by atoms with Gasteiger partial charge in [0.15, 0.2) is 0 Å². The van der Waals surface area contributed by atoms with E-state index in [1.54, 1.807) is 23.1 Å². The zero-order valence-electron chi connectivity index (χ0n) is 9.63. The van der Waals surface area contributed by atoms with Crippen molar-refractivity contribution in [1.82, 2.24) is 14.4 Å². The number of thioether (sulfide) groups is 1. The Labute approximate surface area is 118 Å². The van der Waals surface area contributed by atoms with E-state index < -0.39 is 0 Å². The first-order chi connectivity index (χ1) is 8.70. The van der Waals surface area contributed by atoms with Crippen LogP contribution in [0.25, 0.3) is 5.65 Å². The molecule has 0 atom stereocenters. The molecular weight excluding hydrogens is 286 g/mol. The van der Waals surface area contributed by atoms with Crippen molar-refractivity contribution in [2.45, 2.75) is 17.0 Å². The van der Waals surface area contributed by atoms with Gasteiger partial charge in [-0.2, -0.15) is 0 Å². The minimum atomic E-state index is 0.717. The second-order valence-electron chi connectivity index (χ2n) is 3.89. The number of rotatable bonds is 3. The van der Waals surface area contributed by atoms with Gasteiger partial charge in [0.25, 0.3) is 0 Å². The van der Waals surface area contributed by atoms with Crippen molar-refractivity contribution in [3.63, 3.8) is 0 Å². The Morgan fingerprint density at radius 1 is 1.33 bits per heavy atom. The summed E-state index contributed by atoms with van der Waals surface area (Å²) in [5, 5.41) is 2.78. The third kappa shape index (κ3) is 2.53. The van der Waals surface area contributed by atoms with Crippen LogP contribution in [-0.4, -0.2) is 14.4 Å². The lowest BCUT2D eigenvalue weighted by atomic mass is 10.5. The summed E-state index contributed by atoms with van der Waals surface area (Å²) in [4.78, 5) is 8.96. The molecule has 3 heterocycles. The molecule has 92 valence electrons. The number of thiazole rings is 1. The smallest absolute Gasteiger partial charge is 0.150 e. The Balaban J connectivity index is 1.78. The second-order valence-corrected chi connectivity index (χ2v) is 6.41. The lowest BCUT2D eigenvalue weighted by molar-refractivity contribution is 1.15. The molecule has 18 heavy (non-hydrogen) atoms. The van der Waals surface area contributed by atoms with Crippen LogP contribution >= 0.6 is 34.7 Å². The molecule has 0 aliphatic rings. The average Bonchev–Trinajstić information content (AvgIpc) is 2.92. The average molecular weight is 296 g/mol. The monoisotopic (exact) mass is 295 g/mol. The topological polar surface area (TPSA) is 30.2 Å². The van der Waals surface area contributed by atoms with E-state index in [1.165, 1.54) is 0 Å².